The van der Waals surface area contributed by atoms with Crippen LogP contribution < -0.4 is 11.1 Å². The molecule has 0 fully saturated rings. The molecule has 24 heavy (non-hydrogen) atoms. The summed E-state index contributed by atoms with van der Waals surface area (Å²) in [5, 5.41) is 19.9. The molecule has 0 saturated carbocycles. The number of hydrogen-bond acceptors (Lipinski definition) is 4. The number of aliphatic carboxylic acids is 2. The van der Waals surface area contributed by atoms with Gasteiger partial charge in [0.25, 0.3) is 0 Å². The van der Waals surface area contributed by atoms with Crippen LogP contribution in [0.4, 0.5) is 5.69 Å². The number of benzene rings is 2. The number of carboxylic acid groups (broad SMARTS) is 2. The Morgan fingerprint density at radius 3 is 1.92 bits per heavy atom. The third kappa shape index (κ3) is 7.42. The second-order valence-corrected chi connectivity index (χ2v) is 5.20. The van der Waals surface area contributed by atoms with Crippen molar-refractivity contribution in [2.45, 2.75) is 25.4 Å². The van der Waals surface area contributed by atoms with Gasteiger partial charge in [-0.25, -0.2) is 0 Å². The highest BCUT2D eigenvalue weighted by molar-refractivity contribution is 5.76. The van der Waals surface area contributed by atoms with Gasteiger partial charge < -0.3 is 21.3 Å². The van der Waals surface area contributed by atoms with E-state index in [1.54, 1.807) is 6.92 Å². The van der Waals surface area contributed by atoms with Gasteiger partial charge in [0.2, 0.25) is 0 Å². The van der Waals surface area contributed by atoms with E-state index in [9.17, 15) is 9.59 Å². The number of carbonyl (C=O) groups is 2. The van der Waals surface area contributed by atoms with Gasteiger partial charge in [-0.3, -0.25) is 9.59 Å². The minimum atomic E-state index is -0.959. The summed E-state index contributed by atoms with van der Waals surface area (Å²) in [6, 6.07) is 17.3. The Kier molecular flexibility index (Phi) is 8.01. The summed E-state index contributed by atoms with van der Waals surface area (Å²) in [5.41, 5.74) is 7.13. The summed E-state index contributed by atoms with van der Waals surface area (Å²) in [4.78, 5) is 20.8. The molecule has 6 nitrogen and oxygen atoms in total. The molecule has 0 radical (unpaired) electrons. The Bertz CT molecular complexity index is 574. The van der Waals surface area contributed by atoms with Crippen LogP contribution in [0.25, 0.3) is 0 Å². The van der Waals surface area contributed by atoms with E-state index in [0.29, 0.717) is 6.42 Å². The molecule has 2 rings (SSSR count). The van der Waals surface area contributed by atoms with E-state index in [0.717, 1.165) is 11.3 Å². The van der Waals surface area contributed by atoms with Crippen molar-refractivity contribution in [3.05, 3.63) is 66.2 Å². The molecular weight excluding hydrogens is 308 g/mol. The molecule has 0 bridgehead atoms. The number of nitrogens with one attached hydrogen (secondary N) is 1. The number of carboxylic acids is 2. The average Bonchev–Trinajstić information content (AvgIpc) is 2.57. The maximum Gasteiger partial charge on any atom is 0.325 e. The standard InChI is InChI=1S/2C9H11NO2/c1-7(9(11)12)10-8-5-3-2-4-6-8;10-8(9(11)12)6-7-4-2-1-3-5-7/h2-7,10H,1H3,(H,11,12);1-5,8H,6,10H2,(H,11,12)/t7-;8-/m00/s1. The van der Waals surface area contributed by atoms with Crippen molar-refractivity contribution >= 4 is 17.6 Å². The molecule has 2 atom stereocenters. The minimum Gasteiger partial charge on any atom is -0.480 e. The molecule has 0 unspecified atom stereocenters. The largest absolute Gasteiger partial charge is 0.480 e. The quantitative estimate of drug-likeness (QED) is 0.646. The zero-order valence-corrected chi connectivity index (χ0v) is 13.4. The smallest absolute Gasteiger partial charge is 0.325 e. The van der Waals surface area contributed by atoms with Crippen molar-refractivity contribution in [1.82, 2.24) is 0 Å². The fourth-order valence-corrected chi connectivity index (χ4v) is 1.80. The van der Waals surface area contributed by atoms with E-state index in [-0.39, 0.29) is 0 Å². The first-order valence-electron chi connectivity index (χ1n) is 7.47. The highest BCUT2D eigenvalue weighted by Crippen LogP contribution is 2.06. The number of hydrogen-bond donors (Lipinski definition) is 4. The van der Waals surface area contributed by atoms with Crippen LogP contribution in [0.5, 0.6) is 0 Å². The molecule has 0 saturated heterocycles. The zero-order valence-electron chi connectivity index (χ0n) is 13.4. The lowest BCUT2D eigenvalue weighted by atomic mass is 10.1. The molecule has 0 aliphatic carbocycles. The molecular formula is C18H22N2O4. The van der Waals surface area contributed by atoms with Crippen LogP contribution in [0.1, 0.15) is 12.5 Å². The molecule has 0 spiro atoms. The molecule has 2 aromatic rings. The zero-order chi connectivity index (χ0) is 17.9. The van der Waals surface area contributed by atoms with Gasteiger partial charge in [-0.2, -0.15) is 0 Å². The number of anilines is 1. The number of para-hydroxylation sites is 1. The van der Waals surface area contributed by atoms with Crippen LogP contribution in [0.2, 0.25) is 0 Å². The third-order valence-corrected chi connectivity index (χ3v) is 3.14. The van der Waals surface area contributed by atoms with Crippen LogP contribution in [-0.2, 0) is 16.0 Å². The lowest BCUT2D eigenvalue weighted by molar-refractivity contribution is -0.139. The lowest BCUT2D eigenvalue weighted by Gasteiger charge is -2.09. The van der Waals surface area contributed by atoms with E-state index >= 15 is 0 Å². The van der Waals surface area contributed by atoms with Crippen molar-refractivity contribution in [3.8, 4) is 0 Å². The van der Waals surface area contributed by atoms with Gasteiger partial charge >= 0.3 is 11.9 Å². The van der Waals surface area contributed by atoms with E-state index in [1.165, 1.54) is 0 Å². The monoisotopic (exact) mass is 330 g/mol. The van der Waals surface area contributed by atoms with Crippen LogP contribution in [0, 0.1) is 0 Å². The van der Waals surface area contributed by atoms with Gasteiger partial charge in [-0.1, -0.05) is 48.5 Å². The van der Waals surface area contributed by atoms with E-state index in [4.69, 9.17) is 15.9 Å². The van der Waals surface area contributed by atoms with Crippen molar-refractivity contribution in [1.29, 1.82) is 0 Å². The summed E-state index contributed by atoms with van der Waals surface area (Å²) in [5.74, 6) is -1.81. The van der Waals surface area contributed by atoms with Crippen molar-refractivity contribution < 1.29 is 19.8 Å². The predicted octanol–water partition coefficient (Wildman–Crippen LogP) is 2.21. The van der Waals surface area contributed by atoms with Crippen molar-refractivity contribution in [3.63, 3.8) is 0 Å². The molecule has 6 heteroatoms. The van der Waals surface area contributed by atoms with Gasteiger partial charge in [0.05, 0.1) is 0 Å². The molecule has 0 amide bonds. The van der Waals surface area contributed by atoms with Gasteiger partial charge in [0, 0.05) is 5.69 Å². The summed E-state index contributed by atoms with van der Waals surface area (Å²) < 4.78 is 0. The molecule has 0 aromatic heterocycles. The van der Waals surface area contributed by atoms with Crippen molar-refractivity contribution in [2.24, 2.45) is 5.73 Å². The third-order valence-electron chi connectivity index (χ3n) is 3.14. The van der Waals surface area contributed by atoms with Gasteiger partial charge in [0.15, 0.2) is 0 Å². The van der Waals surface area contributed by atoms with Gasteiger partial charge in [-0.15, -0.1) is 0 Å². The first-order valence-corrected chi connectivity index (χ1v) is 7.47. The fraction of sp³-hybridized carbons (Fsp3) is 0.222. The summed E-state index contributed by atoms with van der Waals surface area (Å²) in [6.07, 6.45) is 0.385. The van der Waals surface area contributed by atoms with Crippen molar-refractivity contribution in [2.75, 3.05) is 5.32 Å². The Morgan fingerprint density at radius 1 is 0.958 bits per heavy atom. The maximum atomic E-state index is 10.4. The Labute approximate surface area is 140 Å². The molecule has 5 N–H and O–H groups in total. The van der Waals surface area contributed by atoms with Crippen LogP contribution in [-0.4, -0.2) is 34.2 Å². The Morgan fingerprint density at radius 2 is 1.46 bits per heavy atom. The summed E-state index contributed by atoms with van der Waals surface area (Å²) >= 11 is 0. The highest BCUT2D eigenvalue weighted by Gasteiger charge is 2.11. The number of rotatable bonds is 6. The molecule has 0 aliphatic rings. The number of nitrogens with two attached hydrogens (primary N) is 1. The van der Waals surface area contributed by atoms with Gasteiger partial charge in [0.1, 0.15) is 12.1 Å². The fourth-order valence-electron chi connectivity index (χ4n) is 1.80. The van der Waals surface area contributed by atoms with E-state index in [1.807, 2.05) is 60.7 Å². The molecule has 2 aromatic carbocycles. The SMILES string of the molecule is C[C@H](Nc1ccccc1)C(=O)O.N[C@@H](Cc1ccccc1)C(=O)O. The predicted molar refractivity (Wildman–Crippen MR) is 92.9 cm³/mol. The average molecular weight is 330 g/mol. The first kappa shape index (κ1) is 19.2. The normalized spacial score (nSPS) is 12.2. The second kappa shape index (κ2) is 10.0. The Balaban J connectivity index is 0.000000240. The molecule has 0 heterocycles. The summed E-state index contributed by atoms with van der Waals surface area (Å²) in [6.45, 7) is 1.61. The van der Waals surface area contributed by atoms with Crippen LogP contribution in [0.3, 0.4) is 0 Å². The first-order chi connectivity index (χ1) is 11.4. The van der Waals surface area contributed by atoms with Crippen LogP contribution >= 0.6 is 0 Å². The molecule has 0 aliphatic heterocycles. The Hall–Kier alpha value is -2.86. The maximum absolute atomic E-state index is 10.4. The van der Waals surface area contributed by atoms with Gasteiger partial charge in [-0.05, 0) is 31.0 Å². The highest BCUT2D eigenvalue weighted by atomic mass is 16.4. The topological polar surface area (TPSA) is 113 Å². The van der Waals surface area contributed by atoms with E-state index < -0.39 is 24.0 Å². The van der Waals surface area contributed by atoms with E-state index in [2.05, 4.69) is 5.32 Å². The van der Waals surface area contributed by atoms with Crippen LogP contribution in [0.15, 0.2) is 60.7 Å². The summed E-state index contributed by atoms with van der Waals surface area (Å²) in [7, 11) is 0. The molecule has 128 valence electrons. The minimum absolute atomic E-state index is 0.385. The lowest BCUT2D eigenvalue weighted by Crippen LogP contribution is -2.32. The second-order valence-electron chi connectivity index (χ2n) is 5.20.